The molecule has 1 heterocycles. The quantitative estimate of drug-likeness (QED) is 0.328. The van der Waals surface area contributed by atoms with E-state index in [1.165, 1.54) is 12.1 Å². The summed E-state index contributed by atoms with van der Waals surface area (Å²) in [6.07, 6.45) is -9.23. The Balaban J connectivity index is 1.48. The largest absolute Gasteiger partial charge is 0.430 e. The Morgan fingerprint density at radius 2 is 1.38 bits per heavy atom. The number of nitrogens with one attached hydrogen (secondary N) is 2. The Hall–Kier alpha value is -2.83. The molecule has 0 radical (unpaired) electrons. The number of amides is 2. The van der Waals surface area contributed by atoms with Crippen LogP contribution in [0.1, 0.15) is 43.4 Å². The Bertz CT molecular complexity index is 1070. The molecular formula is C27H33F6N3O3. The third-order valence-corrected chi connectivity index (χ3v) is 6.72. The molecule has 1 saturated heterocycles. The van der Waals surface area contributed by atoms with Crippen LogP contribution in [0.4, 0.5) is 36.8 Å². The van der Waals surface area contributed by atoms with Crippen molar-refractivity contribution in [3.63, 3.8) is 0 Å². The Kier molecular flexibility index (Phi) is 9.24. The van der Waals surface area contributed by atoms with Crippen LogP contribution < -0.4 is 10.6 Å². The number of piperidine rings is 1. The highest BCUT2D eigenvalue weighted by Crippen LogP contribution is 2.50. The molecule has 0 saturated carbocycles. The van der Waals surface area contributed by atoms with Gasteiger partial charge in [0.15, 0.2) is 0 Å². The first-order valence-corrected chi connectivity index (χ1v) is 12.5. The van der Waals surface area contributed by atoms with Crippen molar-refractivity contribution in [1.82, 2.24) is 10.2 Å². The summed E-state index contributed by atoms with van der Waals surface area (Å²) in [5.74, 6) is 0.408. The van der Waals surface area contributed by atoms with Crippen LogP contribution in [0.2, 0.25) is 0 Å². The maximum Gasteiger partial charge on any atom is 0.430 e. The first-order chi connectivity index (χ1) is 18.0. The number of rotatable bonds is 8. The lowest BCUT2D eigenvalue weighted by Gasteiger charge is -2.33. The second-order valence-electron chi connectivity index (χ2n) is 10.6. The number of benzene rings is 2. The van der Waals surface area contributed by atoms with Gasteiger partial charge >= 0.3 is 18.4 Å². The fourth-order valence-corrected chi connectivity index (χ4v) is 4.48. The molecule has 0 aromatic heterocycles. The van der Waals surface area contributed by atoms with Gasteiger partial charge in [-0.3, -0.25) is 4.90 Å². The van der Waals surface area contributed by atoms with Gasteiger partial charge in [0.25, 0.3) is 5.60 Å². The van der Waals surface area contributed by atoms with Crippen LogP contribution >= 0.6 is 0 Å². The standard InChI is InChI=1S/C27H33F6N3O3/c1-24(2,38)17-34-23(37)35-22-9-5-18(6-10-22)15-19-11-13-36(14-12-19)16-20-3-7-21(8-4-20)25(39,26(28,29)30)27(31,32)33/h3-10,19,38-39H,11-17H2,1-2H3,(H2,34,35,37). The number of urea groups is 1. The van der Waals surface area contributed by atoms with Crippen molar-refractivity contribution in [3.8, 4) is 0 Å². The summed E-state index contributed by atoms with van der Waals surface area (Å²) in [4.78, 5) is 14.0. The number of hydrogen-bond donors (Lipinski definition) is 4. The van der Waals surface area contributed by atoms with E-state index in [-0.39, 0.29) is 6.54 Å². The molecule has 216 valence electrons. The summed E-state index contributed by atoms with van der Waals surface area (Å²) in [5, 5.41) is 24.5. The van der Waals surface area contributed by atoms with Crippen LogP contribution in [0.15, 0.2) is 48.5 Å². The average molecular weight is 562 g/mol. The zero-order chi connectivity index (χ0) is 29.1. The highest BCUT2D eigenvalue weighted by molar-refractivity contribution is 5.89. The van der Waals surface area contributed by atoms with E-state index >= 15 is 0 Å². The third-order valence-electron chi connectivity index (χ3n) is 6.72. The summed E-state index contributed by atoms with van der Waals surface area (Å²) in [6, 6.07) is 10.8. The molecule has 0 atom stereocenters. The maximum atomic E-state index is 13.1. The molecule has 2 aromatic rings. The smallest absolute Gasteiger partial charge is 0.389 e. The van der Waals surface area contributed by atoms with Gasteiger partial charge in [-0.15, -0.1) is 0 Å². The van der Waals surface area contributed by atoms with Crippen molar-refractivity contribution in [2.75, 3.05) is 25.0 Å². The number of aliphatic hydroxyl groups is 2. The number of likely N-dealkylation sites (tertiary alicyclic amines) is 1. The van der Waals surface area contributed by atoms with Gasteiger partial charge in [0, 0.05) is 24.3 Å². The highest BCUT2D eigenvalue weighted by atomic mass is 19.4. The Morgan fingerprint density at radius 1 is 0.872 bits per heavy atom. The fraction of sp³-hybridized carbons (Fsp3) is 0.519. The maximum absolute atomic E-state index is 13.1. The van der Waals surface area contributed by atoms with E-state index < -0.39 is 35.1 Å². The number of anilines is 1. The van der Waals surface area contributed by atoms with Crippen molar-refractivity contribution < 1.29 is 41.4 Å². The van der Waals surface area contributed by atoms with Crippen LogP contribution in [0.25, 0.3) is 0 Å². The van der Waals surface area contributed by atoms with Crippen LogP contribution in [-0.4, -0.2) is 58.7 Å². The second kappa shape index (κ2) is 11.7. The molecule has 6 nitrogen and oxygen atoms in total. The molecule has 1 aliphatic heterocycles. The van der Waals surface area contributed by atoms with Crippen molar-refractivity contribution in [2.24, 2.45) is 5.92 Å². The number of carbonyl (C=O) groups is 1. The summed E-state index contributed by atoms with van der Waals surface area (Å²) < 4.78 is 78.5. The first kappa shape index (κ1) is 30.7. The molecule has 12 heteroatoms. The predicted octanol–water partition coefficient (Wildman–Crippen LogP) is 5.35. The molecule has 3 rings (SSSR count). The minimum Gasteiger partial charge on any atom is -0.389 e. The van der Waals surface area contributed by atoms with E-state index in [2.05, 4.69) is 15.5 Å². The lowest BCUT2D eigenvalue weighted by atomic mass is 9.89. The lowest BCUT2D eigenvalue weighted by molar-refractivity contribution is -0.376. The van der Waals surface area contributed by atoms with E-state index in [0.29, 0.717) is 35.8 Å². The highest BCUT2D eigenvalue weighted by Gasteiger charge is 2.71. The number of alkyl halides is 6. The number of nitrogens with zero attached hydrogens (tertiary/aromatic N) is 1. The molecule has 2 amide bonds. The van der Waals surface area contributed by atoms with Crippen molar-refractivity contribution in [1.29, 1.82) is 0 Å². The third kappa shape index (κ3) is 8.09. The van der Waals surface area contributed by atoms with Gasteiger partial charge in [0.1, 0.15) is 0 Å². The van der Waals surface area contributed by atoms with Gasteiger partial charge in [-0.25, -0.2) is 4.79 Å². The van der Waals surface area contributed by atoms with Crippen LogP contribution in [0, 0.1) is 5.92 Å². The molecule has 1 fully saturated rings. The molecule has 0 unspecified atom stereocenters. The summed E-state index contributed by atoms with van der Waals surface area (Å²) in [5.41, 5.74) is -4.92. The Labute approximate surface area is 223 Å². The number of halogens is 6. The van der Waals surface area contributed by atoms with Crippen molar-refractivity contribution in [2.45, 2.75) is 63.2 Å². The minimum atomic E-state index is -5.90. The Morgan fingerprint density at radius 3 is 1.87 bits per heavy atom. The lowest BCUT2D eigenvalue weighted by Crippen LogP contribution is -2.53. The molecule has 4 N–H and O–H groups in total. The average Bonchev–Trinajstić information content (AvgIpc) is 2.83. The summed E-state index contributed by atoms with van der Waals surface area (Å²) in [6.45, 7) is 5.12. The molecule has 2 aromatic carbocycles. The van der Waals surface area contributed by atoms with Crippen LogP contribution in [0.3, 0.4) is 0 Å². The van der Waals surface area contributed by atoms with Gasteiger partial charge in [-0.1, -0.05) is 36.4 Å². The first-order valence-electron chi connectivity index (χ1n) is 12.5. The van der Waals surface area contributed by atoms with Gasteiger partial charge in [0.05, 0.1) is 5.60 Å². The predicted molar refractivity (Wildman–Crippen MR) is 134 cm³/mol. The number of hydrogen-bond acceptors (Lipinski definition) is 4. The van der Waals surface area contributed by atoms with Crippen LogP contribution in [-0.2, 0) is 18.6 Å². The normalized spacial score (nSPS) is 16.3. The van der Waals surface area contributed by atoms with Gasteiger partial charge < -0.3 is 20.8 Å². The molecule has 0 spiro atoms. The molecule has 0 bridgehead atoms. The topological polar surface area (TPSA) is 84.8 Å². The number of carbonyl (C=O) groups excluding carboxylic acids is 1. The van der Waals surface area contributed by atoms with Gasteiger partial charge in [-0.2, -0.15) is 26.3 Å². The van der Waals surface area contributed by atoms with Gasteiger partial charge in [-0.05, 0) is 75.4 Å². The molecule has 0 aliphatic carbocycles. The van der Waals surface area contributed by atoms with E-state index in [1.807, 2.05) is 12.1 Å². The molecule has 1 aliphatic rings. The zero-order valence-electron chi connectivity index (χ0n) is 21.7. The second-order valence-corrected chi connectivity index (χ2v) is 10.6. The summed E-state index contributed by atoms with van der Waals surface area (Å²) in [7, 11) is 0. The summed E-state index contributed by atoms with van der Waals surface area (Å²) >= 11 is 0. The zero-order valence-corrected chi connectivity index (χ0v) is 21.7. The van der Waals surface area contributed by atoms with E-state index in [4.69, 9.17) is 0 Å². The van der Waals surface area contributed by atoms with E-state index in [0.717, 1.165) is 37.9 Å². The van der Waals surface area contributed by atoms with Crippen molar-refractivity contribution in [3.05, 3.63) is 65.2 Å². The monoisotopic (exact) mass is 561 g/mol. The van der Waals surface area contributed by atoms with Crippen molar-refractivity contribution >= 4 is 11.7 Å². The van der Waals surface area contributed by atoms with Crippen LogP contribution in [0.5, 0.6) is 0 Å². The van der Waals surface area contributed by atoms with E-state index in [9.17, 15) is 41.4 Å². The minimum absolute atomic E-state index is 0.112. The molecule has 39 heavy (non-hydrogen) atoms. The van der Waals surface area contributed by atoms with Gasteiger partial charge in [0.2, 0.25) is 0 Å². The SMILES string of the molecule is CC(C)(O)CNC(=O)Nc1ccc(CC2CCN(Cc3ccc(C(O)(C(F)(F)F)C(F)(F)F)cc3)CC2)cc1. The fourth-order valence-electron chi connectivity index (χ4n) is 4.48. The van der Waals surface area contributed by atoms with E-state index in [1.54, 1.807) is 26.0 Å². The molecular weight excluding hydrogens is 528 g/mol.